The summed E-state index contributed by atoms with van der Waals surface area (Å²) in [5.41, 5.74) is 3.37. The van der Waals surface area contributed by atoms with E-state index in [9.17, 15) is 0 Å². The average Bonchev–Trinajstić information content (AvgIpc) is 2.61. The van der Waals surface area contributed by atoms with Gasteiger partial charge in [0.2, 0.25) is 5.88 Å². The van der Waals surface area contributed by atoms with Gasteiger partial charge in [0.25, 0.3) is 0 Å². The minimum atomic E-state index is 0.517. The van der Waals surface area contributed by atoms with Gasteiger partial charge in [0, 0.05) is 17.5 Å². The molecule has 0 saturated heterocycles. The SMILES string of the molecule is COc1ccccc1Oc1cc(C)nc(SCc2ccc(C)cc2)n1. The third-order valence-electron chi connectivity index (χ3n) is 3.58. The highest BCUT2D eigenvalue weighted by Crippen LogP contribution is 2.31. The molecule has 0 aliphatic rings. The third kappa shape index (κ3) is 4.73. The number of hydrogen-bond acceptors (Lipinski definition) is 5. The molecule has 0 saturated carbocycles. The Hall–Kier alpha value is -2.53. The molecule has 4 nitrogen and oxygen atoms in total. The monoisotopic (exact) mass is 352 g/mol. The van der Waals surface area contributed by atoms with Gasteiger partial charge in [-0.25, -0.2) is 4.98 Å². The van der Waals surface area contributed by atoms with Crippen molar-refractivity contribution in [3.63, 3.8) is 0 Å². The zero-order chi connectivity index (χ0) is 17.6. The number of aryl methyl sites for hydroxylation is 2. The Morgan fingerprint density at radius 3 is 2.36 bits per heavy atom. The van der Waals surface area contributed by atoms with Crippen molar-refractivity contribution < 1.29 is 9.47 Å². The molecule has 3 aromatic rings. The number of methoxy groups -OCH3 is 1. The molecular weight excluding hydrogens is 332 g/mol. The molecular formula is C20H20N2O2S. The van der Waals surface area contributed by atoms with Crippen LogP contribution >= 0.6 is 11.8 Å². The molecule has 0 atom stereocenters. The maximum atomic E-state index is 5.90. The van der Waals surface area contributed by atoms with Gasteiger partial charge in [-0.1, -0.05) is 53.7 Å². The fraction of sp³-hybridized carbons (Fsp3) is 0.200. The molecule has 0 amide bonds. The smallest absolute Gasteiger partial charge is 0.223 e. The maximum Gasteiger partial charge on any atom is 0.223 e. The Balaban J connectivity index is 1.75. The topological polar surface area (TPSA) is 44.2 Å². The molecule has 0 bridgehead atoms. The standard InChI is InChI=1S/C20H20N2O2S/c1-14-8-10-16(11-9-14)13-25-20-21-15(2)12-19(22-20)24-18-7-5-4-6-17(18)23-3/h4-12H,13H2,1-3H3. The van der Waals surface area contributed by atoms with Gasteiger partial charge < -0.3 is 9.47 Å². The van der Waals surface area contributed by atoms with Gasteiger partial charge in [-0.2, -0.15) is 4.98 Å². The summed E-state index contributed by atoms with van der Waals surface area (Å²) in [5.74, 6) is 2.64. The minimum Gasteiger partial charge on any atom is -0.493 e. The van der Waals surface area contributed by atoms with E-state index in [4.69, 9.17) is 9.47 Å². The third-order valence-corrected chi connectivity index (χ3v) is 4.50. The molecule has 0 aliphatic heterocycles. The van der Waals surface area contributed by atoms with E-state index in [0.29, 0.717) is 22.5 Å². The molecule has 0 N–H and O–H groups in total. The first kappa shape index (κ1) is 17.3. The van der Waals surface area contributed by atoms with Gasteiger partial charge in [0.15, 0.2) is 16.7 Å². The summed E-state index contributed by atoms with van der Waals surface area (Å²) in [5, 5.41) is 0.700. The fourth-order valence-corrected chi connectivity index (χ4v) is 3.13. The molecule has 0 spiro atoms. The van der Waals surface area contributed by atoms with Gasteiger partial charge in [-0.3, -0.25) is 0 Å². The Bertz CT molecular complexity index is 851. The van der Waals surface area contributed by atoms with Crippen molar-refractivity contribution in [1.82, 2.24) is 9.97 Å². The number of nitrogens with zero attached hydrogens (tertiary/aromatic N) is 2. The van der Waals surface area contributed by atoms with Crippen LogP contribution in [0.15, 0.2) is 59.8 Å². The lowest BCUT2D eigenvalue weighted by Crippen LogP contribution is -1.96. The predicted molar refractivity (Wildman–Crippen MR) is 101 cm³/mol. The van der Waals surface area contributed by atoms with Crippen LogP contribution in [0.3, 0.4) is 0 Å². The second-order valence-electron chi connectivity index (χ2n) is 5.66. The number of benzene rings is 2. The van der Waals surface area contributed by atoms with Crippen molar-refractivity contribution in [1.29, 1.82) is 0 Å². The van der Waals surface area contributed by atoms with Crippen LogP contribution in [0.4, 0.5) is 0 Å². The quantitative estimate of drug-likeness (QED) is 0.451. The molecule has 0 unspecified atom stereocenters. The van der Waals surface area contributed by atoms with Crippen LogP contribution in [0.25, 0.3) is 0 Å². The minimum absolute atomic E-state index is 0.517. The van der Waals surface area contributed by atoms with Crippen molar-refractivity contribution >= 4 is 11.8 Å². The first-order chi connectivity index (χ1) is 12.1. The highest BCUT2D eigenvalue weighted by molar-refractivity contribution is 7.98. The first-order valence-electron chi connectivity index (χ1n) is 7.99. The first-order valence-corrected chi connectivity index (χ1v) is 8.97. The molecule has 0 aliphatic carbocycles. The molecule has 0 radical (unpaired) electrons. The number of aromatic nitrogens is 2. The number of rotatable bonds is 6. The summed E-state index contributed by atoms with van der Waals surface area (Å²) < 4.78 is 11.2. The Kier molecular flexibility index (Phi) is 5.56. The van der Waals surface area contributed by atoms with Crippen LogP contribution in [-0.2, 0) is 5.75 Å². The highest BCUT2D eigenvalue weighted by atomic mass is 32.2. The van der Waals surface area contributed by atoms with Crippen molar-refractivity contribution in [3.8, 4) is 17.4 Å². The maximum absolute atomic E-state index is 5.90. The Morgan fingerprint density at radius 2 is 1.64 bits per heavy atom. The van der Waals surface area contributed by atoms with Crippen LogP contribution in [0, 0.1) is 13.8 Å². The van der Waals surface area contributed by atoms with Crippen molar-refractivity contribution in [2.45, 2.75) is 24.8 Å². The predicted octanol–water partition coefficient (Wildman–Crippen LogP) is 5.19. The van der Waals surface area contributed by atoms with Crippen LogP contribution in [0.2, 0.25) is 0 Å². The average molecular weight is 352 g/mol. The van der Waals surface area contributed by atoms with E-state index in [0.717, 1.165) is 11.4 Å². The van der Waals surface area contributed by atoms with E-state index in [-0.39, 0.29) is 0 Å². The fourth-order valence-electron chi connectivity index (χ4n) is 2.28. The van der Waals surface area contributed by atoms with Crippen molar-refractivity contribution in [3.05, 3.63) is 71.4 Å². The summed E-state index contributed by atoms with van der Waals surface area (Å²) >= 11 is 1.59. The number of para-hydroxylation sites is 2. The Morgan fingerprint density at radius 1 is 0.920 bits per heavy atom. The highest BCUT2D eigenvalue weighted by Gasteiger charge is 2.09. The van der Waals surface area contributed by atoms with Crippen LogP contribution in [-0.4, -0.2) is 17.1 Å². The second kappa shape index (κ2) is 8.03. The number of thioether (sulfide) groups is 1. The largest absolute Gasteiger partial charge is 0.493 e. The zero-order valence-corrected chi connectivity index (χ0v) is 15.3. The van der Waals surface area contributed by atoms with E-state index in [1.165, 1.54) is 11.1 Å². The summed E-state index contributed by atoms with van der Waals surface area (Å²) in [6.07, 6.45) is 0. The van der Waals surface area contributed by atoms with Gasteiger partial charge in [-0.05, 0) is 31.5 Å². The summed E-state index contributed by atoms with van der Waals surface area (Å²) in [7, 11) is 1.62. The Labute approximate surface area is 152 Å². The molecule has 1 aromatic heterocycles. The van der Waals surface area contributed by atoms with Gasteiger partial charge in [0.05, 0.1) is 7.11 Å². The summed E-state index contributed by atoms with van der Waals surface area (Å²) in [6, 6.07) is 17.8. The summed E-state index contributed by atoms with van der Waals surface area (Å²) in [4.78, 5) is 9.00. The zero-order valence-electron chi connectivity index (χ0n) is 14.5. The molecule has 0 fully saturated rings. The van der Waals surface area contributed by atoms with E-state index in [1.807, 2.05) is 37.3 Å². The van der Waals surface area contributed by atoms with E-state index < -0.39 is 0 Å². The number of ether oxygens (including phenoxy) is 2. The summed E-state index contributed by atoms with van der Waals surface area (Å²) in [6.45, 7) is 4.02. The lowest BCUT2D eigenvalue weighted by molar-refractivity contribution is 0.372. The lowest BCUT2D eigenvalue weighted by Gasteiger charge is -2.10. The molecule has 128 valence electrons. The number of hydrogen-bond donors (Lipinski definition) is 0. The van der Waals surface area contributed by atoms with Gasteiger partial charge in [-0.15, -0.1) is 0 Å². The van der Waals surface area contributed by atoms with Crippen molar-refractivity contribution in [2.24, 2.45) is 0 Å². The molecule has 5 heteroatoms. The van der Waals surface area contributed by atoms with Crippen LogP contribution < -0.4 is 9.47 Å². The van der Waals surface area contributed by atoms with E-state index in [2.05, 4.69) is 41.2 Å². The van der Waals surface area contributed by atoms with Gasteiger partial charge >= 0.3 is 0 Å². The second-order valence-corrected chi connectivity index (χ2v) is 6.60. The molecule has 25 heavy (non-hydrogen) atoms. The van der Waals surface area contributed by atoms with Crippen LogP contribution in [0.1, 0.15) is 16.8 Å². The van der Waals surface area contributed by atoms with E-state index >= 15 is 0 Å². The van der Waals surface area contributed by atoms with E-state index in [1.54, 1.807) is 18.9 Å². The van der Waals surface area contributed by atoms with Gasteiger partial charge in [0.1, 0.15) is 0 Å². The molecule has 1 heterocycles. The molecule has 2 aromatic carbocycles. The lowest BCUT2D eigenvalue weighted by atomic mass is 10.2. The normalized spacial score (nSPS) is 10.5. The van der Waals surface area contributed by atoms with Crippen molar-refractivity contribution in [2.75, 3.05) is 7.11 Å². The molecule has 3 rings (SSSR count). The van der Waals surface area contributed by atoms with Crippen LogP contribution in [0.5, 0.6) is 17.4 Å².